The molecule has 4 rings (SSSR count). The number of nitrogens with zero attached hydrogens (tertiary/aromatic N) is 2. The van der Waals surface area contributed by atoms with Gasteiger partial charge in [0.2, 0.25) is 5.91 Å². The summed E-state index contributed by atoms with van der Waals surface area (Å²) >= 11 is 1.48. The molecule has 0 aliphatic rings. The molecule has 2 amide bonds. The highest BCUT2D eigenvalue weighted by Gasteiger charge is 2.13. The summed E-state index contributed by atoms with van der Waals surface area (Å²) < 4.78 is 2.81. The summed E-state index contributed by atoms with van der Waals surface area (Å²) in [7, 11) is 0. The molecule has 8 heteroatoms. The van der Waals surface area contributed by atoms with Crippen molar-refractivity contribution >= 4 is 33.4 Å². The first-order valence-electron chi connectivity index (χ1n) is 9.42. The number of fused-ring (bicyclic) bond motifs is 1. The second-order valence-corrected chi connectivity index (χ2v) is 7.69. The fourth-order valence-corrected chi connectivity index (χ4v) is 3.93. The van der Waals surface area contributed by atoms with E-state index in [-0.39, 0.29) is 24.9 Å². The average Bonchev–Trinajstić information content (AvgIpc) is 3.45. The topological polar surface area (TPSA) is 96.2 Å². The number of thiazole rings is 1. The lowest BCUT2D eigenvalue weighted by molar-refractivity contribution is -0.120. The summed E-state index contributed by atoms with van der Waals surface area (Å²) in [5.74, 6) is -0.710. The number of carbonyl (C=O) groups is 2. The van der Waals surface area contributed by atoms with Crippen LogP contribution in [-0.4, -0.2) is 39.6 Å². The second kappa shape index (κ2) is 8.89. The smallest absolute Gasteiger partial charge is 0.251 e. The van der Waals surface area contributed by atoms with Crippen LogP contribution in [0.1, 0.15) is 22.0 Å². The van der Waals surface area contributed by atoms with E-state index in [1.165, 1.54) is 11.3 Å². The molecule has 0 saturated heterocycles. The van der Waals surface area contributed by atoms with Gasteiger partial charge in [0.05, 0.1) is 22.9 Å². The van der Waals surface area contributed by atoms with Crippen LogP contribution in [0.4, 0.5) is 0 Å². The van der Waals surface area contributed by atoms with Gasteiger partial charge in [0.1, 0.15) is 0 Å². The Morgan fingerprint density at radius 1 is 1.03 bits per heavy atom. The summed E-state index contributed by atoms with van der Waals surface area (Å²) in [5, 5.41) is 16.1. The number of aromatic nitrogens is 2. The SMILES string of the molecule is O=C(CNC(=O)c1ccc2nc(-n3cccc3)sc2c1)NCC(O)c1ccccc1. The van der Waals surface area contributed by atoms with E-state index in [1.807, 2.05) is 47.3 Å². The van der Waals surface area contributed by atoms with Crippen LogP contribution in [0, 0.1) is 0 Å². The number of aliphatic hydroxyl groups excluding tert-OH is 1. The number of hydrogen-bond donors (Lipinski definition) is 3. The van der Waals surface area contributed by atoms with Crippen molar-refractivity contribution in [2.75, 3.05) is 13.1 Å². The van der Waals surface area contributed by atoms with Gasteiger partial charge in [0.25, 0.3) is 5.91 Å². The molecular formula is C22H20N4O3S. The van der Waals surface area contributed by atoms with Crippen molar-refractivity contribution in [3.8, 4) is 5.13 Å². The van der Waals surface area contributed by atoms with Crippen LogP contribution in [0.5, 0.6) is 0 Å². The molecule has 1 unspecified atom stereocenters. The molecule has 0 saturated carbocycles. The molecule has 152 valence electrons. The van der Waals surface area contributed by atoms with Crippen molar-refractivity contribution in [3.05, 3.63) is 84.2 Å². The van der Waals surface area contributed by atoms with E-state index in [2.05, 4.69) is 15.6 Å². The number of aliphatic hydroxyl groups is 1. The number of amides is 2. The lowest BCUT2D eigenvalue weighted by atomic mass is 10.1. The number of nitrogens with one attached hydrogen (secondary N) is 2. The number of hydrogen-bond acceptors (Lipinski definition) is 5. The van der Waals surface area contributed by atoms with Gasteiger partial charge in [-0.05, 0) is 35.9 Å². The van der Waals surface area contributed by atoms with Crippen LogP contribution in [0.15, 0.2) is 73.1 Å². The maximum Gasteiger partial charge on any atom is 0.251 e. The average molecular weight is 420 g/mol. The highest BCUT2D eigenvalue weighted by Crippen LogP contribution is 2.26. The molecule has 0 bridgehead atoms. The molecule has 7 nitrogen and oxygen atoms in total. The fourth-order valence-electron chi connectivity index (χ4n) is 2.95. The van der Waals surface area contributed by atoms with E-state index in [0.717, 1.165) is 20.9 Å². The molecule has 4 aromatic rings. The molecule has 0 aliphatic carbocycles. The van der Waals surface area contributed by atoms with Gasteiger partial charge in [-0.1, -0.05) is 41.7 Å². The van der Waals surface area contributed by atoms with Crippen LogP contribution in [0.3, 0.4) is 0 Å². The van der Waals surface area contributed by atoms with Crippen LogP contribution in [-0.2, 0) is 4.79 Å². The summed E-state index contributed by atoms with van der Waals surface area (Å²) in [4.78, 5) is 29.0. The van der Waals surface area contributed by atoms with E-state index in [1.54, 1.807) is 30.3 Å². The molecule has 2 heterocycles. The Balaban J connectivity index is 1.32. The van der Waals surface area contributed by atoms with Crippen LogP contribution < -0.4 is 10.6 Å². The molecule has 30 heavy (non-hydrogen) atoms. The van der Waals surface area contributed by atoms with E-state index >= 15 is 0 Å². The first-order valence-corrected chi connectivity index (χ1v) is 10.2. The normalized spacial score (nSPS) is 11.9. The van der Waals surface area contributed by atoms with E-state index in [0.29, 0.717) is 5.56 Å². The Morgan fingerprint density at radius 3 is 2.57 bits per heavy atom. The Labute approximate surface area is 177 Å². The largest absolute Gasteiger partial charge is 0.387 e. The molecule has 3 N–H and O–H groups in total. The zero-order chi connectivity index (χ0) is 20.9. The van der Waals surface area contributed by atoms with Gasteiger partial charge in [0.15, 0.2) is 5.13 Å². The molecule has 0 fully saturated rings. The predicted octanol–water partition coefficient (Wildman–Crippen LogP) is 2.67. The molecular weight excluding hydrogens is 400 g/mol. The fraction of sp³-hybridized carbons (Fsp3) is 0.136. The van der Waals surface area contributed by atoms with Gasteiger partial charge in [-0.25, -0.2) is 4.98 Å². The summed E-state index contributed by atoms with van der Waals surface area (Å²) in [5.41, 5.74) is 1.99. The van der Waals surface area contributed by atoms with Crippen LogP contribution in [0.25, 0.3) is 15.3 Å². The van der Waals surface area contributed by atoms with E-state index < -0.39 is 6.10 Å². The van der Waals surface area contributed by atoms with Crippen molar-refractivity contribution in [1.29, 1.82) is 0 Å². The standard InChI is InChI=1S/C22H20N4O3S/c27-18(15-6-2-1-3-7-15)13-23-20(28)14-24-21(29)16-8-9-17-19(12-16)30-22(25-17)26-10-4-5-11-26/h1-12,18,27H,13-14H2,(H,23,28)(H,24,29). The summed E-state index contributed by atoms with van der Waals surface area (Å²) in [6.07, 6.45) is 3.03. The van der Waals surface area contributed by atoms with Crippen molar-refractivity contribution in [1.82, 2.24) is 20.2 Å². The lowest BCUT2D eigenvalue weighted by Crippen LogP contribution is -2.38. The Morgan fingerprint density at radius 2 is 1.80 bits per heavy atom. The van der Waals surface area contributed by atoms with Gasteiger partial charge in [-0.15, -0.1) is 0 Å². The van der Waals surface area contributed by atoms with E-state index in [9.17, 15) is 14.7 Å². The van der Waals surface area contributed by atoms with Crippen molar-refractivity contribution in [2.45, 2.75) is 6.10 Å². The maximum absolute atomic E-state index is 12.4. The third kappa shape index (κ3) is 4.56. The molecule has 2 aromatic carbocycles. The lowest BCUT2D eigenvalue weighted by Gasteiger charge is -2.12. The zero-order valence-corrected chi connectivity index (χ0v) is 16.8. The van der Waals surface area contributed by atoms with Gasteiger partial charge < -0.3 is 20.3 Å². The molecule has 0 aliphatic heterocycles. The molecule has 1 atom stereocenters. The number of carbonyl (C=O) groups excluding carboxylic acids is 2. The van der Waals surface area contributed by atoms with Crippen molar-refractivity contribution in [3.63, 3.8) is 0 Å². The van der Waals surface area contributed by atoms with Crippen molar-refractivity contribution in [2.24, 2.45) is 0 Å². The minimum absolute atomic E-state index is 0.0771. The Kier molecular flexibility index (Phi) is 5.87. The third-order valence-corrected chi connectivity index (χ3v) is 5.58. The summed E-state index contributed by atoms with van der Waals surface area (Å²) in [6.45, 7) is -0.0939. The number of rotatable bonds is 7. The van der Waals surface area contributed by atoms with Gasteiger partial charge in [0, 0.05) is 24.5 Å². The molecule has 0 spiro atoms. The van der Waals surface area contributed by atoms with Crippen LogP contribution in [0.2, 0.25) is 0 Å². The predicted molar refractivity (Wildman–Crippen MR) is 116 cm³/mol. The van der Waals surface area contributed by atoms with E-state index in [4.69, 9.17) is 0 Å². The summed E-state index contributed by atoms with van der Waals surface area (Å²) in [6, 6.07) is 18.2. The third-order valence-electron chi connectivity index (χ3n) is 4.55. The van der Waals surface area contributed by atoms with Gasteiger partial charge in [-0.2, -0.15) is 0 Å². The zero-order valence-electron chi connectivity index (χ0n) is 16.0. The first kappa shape index (κ1) is 19.8. The molecule has 2 aromatic heterocycles. The minimum Gasteiger partial charge on any atom is -0.387 e. The van der Waals surface area contributed by atoms with Gasteiger partial charge >= 0.3 is 0 Å². The second-order valence-electron chi connectivity index (χ2n) is 6.68. The monoisotopic (exact) mass is 420 g/mol. The van der Waals surface area contributed by atoms with Gasteiger partial charge in [-0.3, -0.25) is 9.59 Å². The van der Waals surface area contributed by atoms with Crippen molar-refractivity contribution < 1.29 is 14.7 Å². The highest BCUT2D eigenvalue weighted by molar-refractivity contribution is 7.20. The first-order chi connectivity index (χ1) is 14.6. The maximum atomic E-state index is 12.4. The Bertz CT molecular complexity index is 1160. The minimum atomic E-state index is -0.797. The van der Waals surface area contributed by atoms with Crippen LogP contribution >= 0.6 is 11.3 Å². The quantitative estimate of drug-likeness (QED) is 0.428. The number of benzene rings is 2. The molecule has 0 radical (unpaired) electrons. The highest BCUT2D eigenvalue weighted by atomic mass is 32.1. The Hall–Kier alpha value is -3.49.